The minimum Gasteiger partial charge on any atom is -0.366 e. The molecule has 16 heavy (non-hydrogen) atoms. The first-order valence-corrected chi connectivity index (χ1v) is 5.76. The van der Waals surface area contributed by atoms with Crippen LogP contribution in [0.1, 0.15) is 0 Å². The summed E-state index contributed by atoms with van der Waals surface area (Å²) in [6, 6.07) is 0. The zero-order valence-electron chi connectivity index (χ0n) is 10.4. The number of hydrogen-bond donors (Lipinski definition) is 0. The van der Waals surface area contributed by atoms with Crippen LogP contribution in [0.3, 0.4) is 0 Å². The van der Waals surface area contributed by atoms with Crippen LogP contribution >= 0.6 is 0 Å². The molecule has 0 aromatic carbocycles. The molecule has 0 aliphatic carbocycles. The molecule has 1 aromatic heterocycles. The van der Waals surface area contributed by atoms with E-state index in [1.165, 1.54) is 5.69 Å². The molecular weight excluding hydrogens is 202 g/mol. The van der Waals surface area contributed by atoms with Crippen LogP contribution in [0.4, 0.5) is 5.69 Å². The standard InChI is InChI=1S/C11H21N5/c1-13(2)10-15-4-6-16(7-5-15)11-8-12-14(3)9-11/h8-9H,4-7,10H2,1-3H3. The van der Waals surface area contributed by atoms with Gasteiger partial charge in [0.1, 0.15) is 0 Å². The smallest absolute Gasteiger partial charge is 0.0753 e. The molecule has 2 rings (SSSR count). The molecular formula is C11H21N5. The molecule has 0 atom stereocenters. The molecule has 1 aliphatic rings. The molecule has 2 heterocycles. The second kappa shape index (κ2) is 4.84. The van der Waals surface area contributed by atoms with Gasteiger partial charge in [-0.3, -0.25) is 14.5 Å². The number of hydrogen-bond acceptors (Lipinski definition) is 4. The van der Waals surface area contributed by atoms with E-state index in [1.807, 2.05) is 17.9 Å². The highest BCUT2D eigenvalue weighted by molar-refractivity contribution is 5.42. The fourth-order valence-corrected chi connectivity index (χ4v) is 2.12. The van der Waals surface area contributed by atoms with E-state index >= 15 is 0 Å². The van der Waals surface area contributed by atoms with Crippen LogP contribution in [0.2, 0.25) is 0 Å². The topological polar surface area (TPSA) is 27.5 Å². The third kappa shape index (κ3) is 2.74. The van der Waals surface area contributed by atoms with Gasteiger partial charge >= 0.3 is 0 Å². The van der Waals surface area contributed by atoms with Gasteiger partial charge in [0.2, 0.25) is 0 Å². The number of nitrogens with zero attached hydrogens (tertiary/aromatic N) is 5. The van der Waals surface area contributed by atoms with Crippen molar-refractivity contribution in [3.8, 4) is 0 Å². The molecule has 5 nitrogen and oxygen atoms in total. The van der Waals surface area contributed by atoms with Crippen molar-refractivity contribution in [3.05, 3.63) is 12.4 Å². The monoisotopic (exact) mass is 223 g/mol. The molecule has 90 valence electrons. The molecule has 1 aliphatic heterocycles. The SMILES string of the molecule is CN(C)CN1CCN(c2cnn(C)c2)CC1. The van der Waals surface area contributed by atoms with Crippen LogP contribution in [0, 0.1) is 0 Å². The Morgan fingerprint density at radius 1 is 1.25 bits per heavy atom. The van der Waals surface area contributed by atoms with Crippen molar-refractivity contribution in [1.82, 2.24) is 19.6 Å². The number of piperazine rings is 1. The van der Waals surface area contributed by atoms with Crippen molar-refractivity contribution >= 4 is 5.69 Å². The second-order valence-corrected chi connectivity index (χ2v) is 4.70. The number of anilines is 1. The van der Waals surface area contributed by atoms with Gasteiger partial charge in [-0.2, -0.15) is 5.10 Å². The third-order valence-electron chi connectivity index (χ3n) is 2.91. The van der Waals surface area contributed by atoms with Crippen molar-refractivity contribution in [2.45, 2.75) is 0 Å². The second-order valence-electron chi connectivity index (χ2n) is 4.70. The van der Waals surface area contributed by atoms with E-state index in [9.17, 15) is 0 Å². The highest BCUT2D eigenvalue weighted by Crippen LogP contribution is 2.14. The average Bonchev–Trinajstić information content (AvgIpc) is 2.65. The van der Waals surface area contributed by atoms with E-state index in [0.29, 0.717) is 0 Å². The van der Waals surface area contributed by atoms with Crippen LogP contribution in [0.15, 0.2) is 12.4 Å². The minimum absolute atomic E-state index is 1.06. The Morgan fingerprint density at radius 2 is 1.94 bits per heavy atom. The molecule has 0 bridgehead atoms. The molecule has 1 saturated heterocycles. The highest BCUT2D eigenvalue weighted by Gasteiger charge is 2.17. The first kappa shape index (κ1) is 11.4. The van der Waals surface area contributed by atoms with Crippen molar-refractivity contribution in [3.63, 3.8) is 0 Å². The van der Waals surface area contributed by atoms with Crippen molar-refractivity contribution in [2.24, 2.45) is 7.05 Å². The maximum absolute atomic E-state index is 4.21. The Bertz CT molecular complexity index is 325. The normalized spacial score (nSPS) is 18.4. The summed E-state index contributed by atoms with van der Waals surface area (Å²) in [4.78, 5) is 7.10. The third-order valence-corrected chi connectivity index (χ3v) is 2.91. The summed E-state index contributed by atoms with van der Waals surface area (Å²) >= 11 is 0. The lowest BCUT2D eigenvalue weighted by Gasteiger charge is -2.36. The van der Waals surface area contributed by atoms with Gasteiger partial charge in [-0.1, -0.05) is 0 Å². The number of rotatable bonds is 3. The van der Waals surface area contributed by atoms with E-state index in [-0.39, 0.29) is 0 Å². The van der Waals surface area contributed by atoms with E-state index < -0.39 is 0 Å². The summed E-state index contributed by atoms with van der Waals surface area (Å²) in [5.41, 5.74) is 1.24. The van der Waals surface area contributed by atoms with Gasteiger partial charge in [-0.05, 0) is 14.1 Å². The summed E-state index contributed by atoms with van der Waals surface area (Å²) in [6.07, 6.45) is 4.03. The summed E-state index contributed by atoms with van der Waals surface area (Å²) in [6.45, 7) is 5.51. The van der Waals surface area contributed by atoms with Crippen LogP contribution < -0.4 is 4.90 Å². The Labute approximate surface area is 97.2 Å². The molecule has 0 N–H and O–H groups in total. The molecule has 0 spiro atoms. The van der Waals surface area contributed by atoms with Gasteiger partial charge < -0.3 is 4.90 Å². The lowest BCUT2D eigenvalue weighted by Crippen LogP contribution is -2.48. The maximum Gasteiger partial charge on any atom is 0.0753 e. The molecule has 0 radical (unpaired) electrons. The van der Waals surface area contributed by atoms with Gasteiger partial charge in [0.05, 0.1) is 18.6 Å². The Kier molecular flexibility index (Phi) is 3.46. The summed E-state index contributed by atoms with van der Waals surface area (Å²) < 4.78 is 1.86. The Balaban J connectivity index is 1.85. The van der Waals surface area contributed by atoms with Crippen LogP contribution in [-0.2, 0) is 7.05 Å². The molecule has 0 saturated carbocycles. The first-order chi connectivity index (χ1) is 7.65. The molecule has 1 fully saturated rings. The van der Waals surface area contributed by atoms with Crippen LogP contribution in [0.25, 0.3) is 0 Å². The number of aromatic nitrogens is 2. The predicted octanol–water partition coefficient (Wildman–Crippen LogP) is 0.0612. The molecule has 5 heteroatoms. The zero-order valence-corrected chi connectivity index (χ0v) is 10.4. The van der Waals surface area contributed by atoms with E-state index in [2.05, 4.69) is 40.1 Å². The van der Waals surface area contributed by atoms with Crippen LogP contribution in [0.5, 0.6) is 0 Å². The summed E-state index contributed by atoms with van der Waals surface area (Å²) in [7, 11) is 6.20. The lowest BCUT2D eigenvalue weighted by molar-refractivity contribution is 0.168. The van der Waals surface area contributed by atoms with Gasteiger partial charge in [-0.15, -0.1) is 0 Å². The predicted molar refractivity (Wildman–Crippen MR) is 65.5 cm³/mol. The van der Waals surface area contributed by atoms with Crippen molar-refractivity contribution in [2.75, 3.05) is 51.8 Å². The minimum atomic E-state index is 1.06. The zero-order chi connectivity index (χ0) is 11.5. The highest BCUT2D eigenvalue weighted by atomic mass is 15.3. The average molecular weight is 223 g/mol. The van der Waals surface area contributed by atoms with Gasteiger partial charge in [0.15, 0.2) is 0 Å². The molecule has 0 amide bonds. The van der Waals surface area contributed by atoms with E-state index in [1.54, 1.807) is 0 Å². The van der Waals surface area contributed by atoms with Crippen LogP contribution in [-0.4, -0.2) is 66.5 Å². The first-order valence-electron chi connectivity index (χ1n) is 5.76. The Morgan fingerprint density at radius 3 is 2.44 bits per heavy atom. The van der Waals surface area contributed by atoms with E-state index in [0.717, 1.165) is 32.8 Å². The fraction of sp³-hybridized carbons (Fsp3) is 0.727. The van der Waals surface area contributed by atoms with Gasteiger partial charge in [-0.25, -0.2) is 0 Å². The Hall–Kier alpha value is -1.07. The van der Waals surface area contributed by atoms with Crippen molar-refractivity contribution < 1.29 is 0 Å². The lowest BCUT2D eigenvalue weighted by atomic mass is 10.3. The van der Waals surface area contributed by atoms with Gasteiger partial charge in [0, 0.05) is 39.4 Å². The summed E-state index contributed by atoms with van der Waals surface area (Å²) in [5.74, 6) is 0. The van der Waals surface area contributed by atoms with Crippen molar-refractivity contribution in [1.29, 1.82) is 0 Å². The number of aryl methyl sites for hydroxylation is 1. The summed E-state index contributed by atoms with van der Waals surface area (Å²) in [5, 5.41) is 4.21. The molecule has 0 unspecified atom stereocenters. The maximum atomic E-state index is 4.21. The molecule has 1 aromatic rings. The van der Waals surface area contributed by atoms with Gasteiger partial charge in [0.25, 0.3) is 0 Å². The largest absolute Gasteiger partial charge is 0.366 e. The quantitative estimate of drug-likeness (QED) is 0.724. The van der Waals surface area contributed by atoms with E-state index in [4.69, 9.17) is 0 Å². The fourth-order valence-electron chi connectivity index (χ4n) is 2.12.